The van der Waals surface area contributed by atoms with E-state index >= 15 is 0 Å². The van der Waals surface area contributed by atoms with Crippen molar-refractivity contribution in [1.29, 1.82) is 0 Å². The molecule has 0 fully saturated rings. The molecule has 0 rings (SSSR count). The maximum Gasteiger partial charge on any atom is 0.466 e. The van der Waals surface area contributed by atoms with Gasteiger partial charge in [0.25, 0.3) is 0 Å². The molecule has 7 N–H and O–H groups in total. The third-order valence-corrected chi connectivity index (χ3v) is 0.806. The Balaban J connectivity index is 0. The van der Waals surface area contributed by atoms with E-state index < -0.39 is 7.82 Å². The van der Waals surface area contributed by atoms with Gasteiger partial charge in [-0.3, -0.25) is 4.99 Å². The fourth-order valence-corrected chi connectivity index (χ4v) is 0.366. The fourth-order valence-electron chi connectivity index (χ4n) is 0.366. The van der Waals surface area contributed by atoms with Crippen molar-refractivity contribution in [1.82, 2.24) is 0 Å². The van der Waals surface area contributed by atoms with Gasteiger partial charge >= 0.3 is 7.82 Å². The lowest BCUT2D eigenvalue weighted by Crippen LogP contribution is -2.22. The quantitative estimate of drug-likeness (QED) is 0.178. The van der Waals surface area contributed by atoms with Crippen LogP contribution in [-0.4, -0.2) is 27.2 Å². The molecule has 0 unspecified atom stereocenters. The number of rotatable bonds is 3. The van der Waals surface area contributed by atoms with Gasteiger partial charge in [-0.2, -0.15) is 0 Å². The highest BCUT2D eigenvalue weighted by molar-refractivity contribution is 7.45. The standard InChI is InChI=1S/C5H13N3.H3O4P/c1-2-3-4-8-5(6)7;1-5(2,3)4/h2-4H2,1H3,(H4,6,7,8);(H3,1,2,3,4). The van der Waals surface area contributed by atoms with Crippen LogP contribution in [0.3, 0.4) is 0 Å². The van der Waals surface area contributed by atoms with Crippen molar-refractivity contribution in [3.05, 3.63) is 0 Å². The predicted octanol–water partition coefficient (Wildman–Crippen LogP) is -0.869. The van der Waals surface area contributed by atoms with Gasteiger partial charge in [-0.05, 0) is 6.42 Å². The van der Waals surface area contributed by atoms with Gasteiger partial charge in [0.05, 0.1) is 0 Å². The van der Waals surface area contributed by atoms with Gasteiger partial charge in [0, 0.05) is 6.54 Å². The van der Waals surface area contributed by atoms with Crippen LogP contribution in [0.4, 0.5) is 0 Å². The molecular formula is C5H16N3O4P. The SMILES string of the molecule is CCCCN=C(N)N.O=P(O)(O)O. The van der Waals surface area contributed by atoms with Gasteiger partial charge < -0.3 is 26.1 Å². The number of hydrogen-bond donors (Lipinski definition) is 5. The first-order valence-corrected chi connectivity index (χ1v) is 5.17. The average Bonchev–Trinajstić information content (AvgIpc) is 1.83. The molecule has 7 nitrogen and oxygen atoms in total. The number of hydrogen-bond acceptors (Lipinski definition) is 2. The maximum atomic E-state index is 8.88. The Morgan fingerprint density at radius 3 is 2.00 bits per heavy atom. The molecule has 0 aliphatic heterocycles. The van der Waals surface area contributed by atoms with E-state index in [0.29, 0.717) is 0 Å². The van der Waals surface area contributed by atoms with E-state index in [1.807, 2.05) is 0 Å². The van der Waals surface area contributed by atoms with Crippen LogP contribution in [-0.2, 0) is 4.57 Å². The van der Waals surface area contributed by atoms with Crippen LogP contribution in [0, 0.1) is 0 Å². The molecule has 0 bridgehead atoms. The minimum absolute atomic E-state index is 0.193. The van der Waals surface area contributed by atoms with Gasteiger partial charge in [0.15, 0.2) is 5.96 Å². The summed E-state index contributed by atoms with van der Waals surface area (Å²) in [6.45, 7) is 2.86. The monoisotopic (exact) mass is 213 g/mol. The zero-order valence-corrected chi connectivity index (χ0v) is 8.31. The van der Waals surface area contributed by atoms with Crippen molar-refractivity contribution in [2.45, 2.75) is 19.8 Å². The van der Waals surface area contributed by atoms with Crippen LogP contribution in [0.2, 0.25) is 0 Å². The summed E-state index contributed by atoms with van der Waals surface area (Å²) in [6.07, 6.45) is 2.20. The van der Waals surface area contributed by atoms with Crippen molar-refractivity contribution in [2.75, 3.05) is 6.54 Å². The lowest BCUT2D eigenvalue weighted by atomic mass is 10.3. The molecule has 0 spiro atoms. The van der Waals surface area contributed by atoms with Crippen molar-refractivity contribution >= 4 is 13.8 Å². The second-order valence-corrected chi connectivity index (χ2v) is 3.20. The van der Waals surface area contributed by atoms with Crippen LogP contribution in [0.5, 0.6) is 0 Å². The topological polar surface area (TPSA) is 142 Å². The highest BCUT2D eigenvalue weighted by Gasteiger charge is 2.00. The Morgan fingerprint density at radius 1 is 1.38 bits per heavy atom. The second kappa shape index (κ2) is 8.00. The molecule has 13 heavy (non-hydrogen) atoms. The molecule has 0 aromatic rings. The van der Waals surface area contributed by atoms with E-state index in [4.69, 9.17) is 30.7 Å². The van der Waals surface area contributed by atoms with E-state index in [1.54, 1.807) is 0 Å². The van der Waals surface area contributed by atoms with Gasteiger partial charge in [0.2, 0.25) is 0 Å². The third-order valence-electron chi connectivity index (χ3n) is 0.806. The van der Waals surface area contributed by atoms with Gasteiger partial charge in [-0.1, -0.05) is 13.3 Å². The first-order chi connectivity index (χ1) is 5.77. The minimum atomic E-state index is -4.64. The van der Waals surface area contributed by atoms with E-state index in [1.165, 1.54) is 0 Å². The molecule has 80 valence electrons. The van der Waals surface area contributed by atoms with Crippen LogP contribution < -0.4 is 11.5 Å². The smallest absolute Gasteiger partial charge is 0.370 e. The molecule has 0 amide bonds. The number of phosphoric acid groups is 1. The van der Waals surface area contributed by atoms with E-state index in [2.05, 4.69) is 11.9 Å². The third kappa shape index (κ3) is 52.2. The summed E-state index contributed by atoms with van der Waals surface area (Å²) >= 11 is 0. The summed E-state index contributed by atoms with van der Waals surface area (Å²) in [5.41, 5.74) is 10.1. The summed E-state index contributed by atoms with van der Waals surface area (Å²) in [4.78, 5) is 25.3. The summed E-state index contributed by atoms with van der Waals surface area (Å²) < 4.78 is 8.88. The second-order valence-electron chi connectivity index (χ2n) is 2.17. The van der Waals surface area contributed by atoms with Crippen LogP contribution >= 0.6 is 7.82 Å². The number of guanidine groups is 1. The highest BCUT2D eigenvalue weighted by Crippen LogP contribution is 2.25. The largest absolute Gasteiger partial charge is 0.466 e. The molecule has 0 aromatic heterocycles. The molecule has 0 aromatic carbocycles. The van der Waals surface area contributed by atoms with Gasteiger partial charge in [-0.25, -0.2) is 4.57 Å². The number of nitrogens with zero attached hydrogens (tertiary/aromatic N) is 1. The molecule has 0 atom stereocenters. The molecule has 0 radical (unpaired) electrons. The minimum Gasteiger partial charge on any atom is -0.370 e. The molecular weight excluding hydrogens is 197 g/mol. The lowest BCUT2D eigenvalue weighted by molar-refractivity contribution is 0.275. The molecule has 0 heterocycles. The fraction of sp³-hybridized carbons (Fsp3) is 0.800. The van der Waals surface area contributed by atoms with Crippen molar-refractivity contribution in [3.8, 4) is 0 Å². The Hall–Kier alpha value is -0.620. The summed E-state index contributed by atoms with van der Waals surface area (Å²) in [5.74, 6) is 0.193. The summed E-state index contributed by atoms with van der Waals surface area (Å²) in [5, 5.41) is 0. The zero-order chi connectivity index (χ0) is 10.9. The zero-order valence-electron chi connectivity index (χ0n) is 7.42. The van der Waals surface area contributed by atoms with Crippen LogP contribution in [0.1, 0.15) is 19.8 Å². The maximum absolute atomic E-state index is 8.88. The molecule has 0 saturated heterocycles. The number of aliphatic imine (C=N–C) groups is 1. The van der Waals surface area contributed by atoms with E-state index in [0.717, 1.165) is 19.4 Å². The molecule has 8 heteroatoms. The molecule has 0 saturated carbocycles. The first-order valence-electron chi connectivity index (χ1n) is 3.61. The van der Waals surface area contributed by atoms with Gasteiger partial charge in [0.1, 0.15) is 0 Å². The Morgan fingerprint density at radius 2 is 1.77 bits per heavy atom. The Labute approximate surface area is 76.7 Å². The van der Waals surface area contributed by atoms with Crippen molar-refractivity contribution < 1.29 is 19.2 Å². The van der Waals surface area contributed by atoms with E-state index in [9.17, 15) is 0 Å². The van der Waals surface area contributed by atoms with Gasteiger partial charge in [-0.15, -0.1) is 0 Å². The Bertz CT molecular complexity index is 178. The average molecular weight is 213 g/mol. The molecule has 0 aliphatic rings. The van der Waals surface area contributed by atoms with E-state index in [-0.39, 0.29) is 5.96 Å². The Kier molecular flexibility index (Phi) is 9.16. The lowest BCUT2D eigenvalue weighted by Gasteiger charge is -1.89. The predicted molar refractivity (Wildman–Crippen MR) is 49.8 cm³/mol. The number of nitrogens with two attached hydrogens (primary N) is 2. The number of unbranched alkanes of at least 4 members (excludes halogenated alkanes) is 1. The van der Waals surface area contributed by atoms with Crippen molar-refractivity contribution in [2.24, 2.45) is 16.5 Å². The summed E-state index contributed by atoms with van der Waals surface area (Å²) in [6, 6.07) is 0. The first kappa shape index (κ1) is 14.9. The highest BCUT2D eigenvalue weighted by atomic mass is 31.2. The molecule has 0 aliphatic carbocycles. The summed E-state index contributed by atoms with van der Waals surface area (Å²) in [7, 11) is -4.64. The van der Waals surface area contributed by atoms with Crippen molar-refractivity contribution in [3.63, 3.8) is 0 Å². The van der Waals surface area contributed by atoms with Crippen LogP contribution in [0.15, 0.2) is 4.99 Å². The normalized spacial score (nSPS) is 9.85. The van der Waals surface area contributed by atoms with Crippen LogP contribution in [0.25, 0.3) is 0 Å².